The van der Waals surface area contributed by atoms with Gasteiger partial charge in [0.25, 0.3) is 0 Å². The third kappa shape index (κ3) is 3.71. The molecule has 0 radical (unpaired) electrons. The normalized spacial score (nSPS) is 39.6. The topological polar surface area (TPSA) is 30.5 Å². The van der Waals surface area contributed by atoms with Crippen LogP contribution in [0, 0.1) is 5.92 Å². The van der Waals surface area contributed by atoms with E-state index in [1.807, 2.05) is 0 Å². The molecule has 110 valence electrons. The van der Waals surface area contributed by atoms with Crippen molar-refractivity contribution in [3.63, 3.8) is 0 Å². The first kappa shape index (κ1) is 13.8. The molecule has 1 heterocycles. The van der Waals surface area contributed by atoms with Crippen molar-refractivity contribution in [2.24, 2.45) is 5.92 Å². The first-order valence-corrected chi connectivity index (χ1v) is 8.28. The van der Waals surface area contributed by atoms with Gasteiger partial charge in [-0.25, -0.2) is 0 Å². The Morgan fingerprint density at radius 1 is 1.16 bits per heavy atom. The summed E-state index contributed by atoms with van der Waals surface area (Å²) < 4.78 is 12.0. The van der Waals surface area contributed by atoms with E-state index in [4.69, 9.17) is 9.47 Å². The van der Waals surface area contributed by atoms with Gasteiger partial charge in [0, 0.05) is 19.2 Å². The van der Waals surface area contributed by atoms with Gasteiger partial charge in [0.05, 0.1) is 18.3 Å². The van der Waals surface area contributed by atoms with Crippen LogP contribution in [-0.2, 0) is 9.47 Å². The van der Waals surface area contributed by atoms with Crippen molar-refractivity contribution < 1.29 is 9.47 Å². The predicted molar refractivity (Wildman–Crippen MR) is 76.3 cm³/mol. The molecule has 1 atom stereocenters. The van der Waals surface area contributed by atoms with Crippen molar-refractivity contribution in [2.45, 2.75) is 76.0 Å². The molecule has 1 N–H and O–H groups in total. The molecular weight excluding hydrogens is 238 g/mol. The molecule has 3 heteroatoms. The molecule has 0 bridgehead atoms. The number of rotatable bonds is 6. The van der Waals surface area contributed by atoms with Crippen LogP contribution in [0.25, 0.3) is 0 Å². The molecule has 0 amide bonds. The standard InChI is InChI=1S/C16H29NO2/c1-2-13-5-8-16(9-6-13,12-17-14-3-4-14)19-15-7-10-18-11-15/h13-15,17H,2-12H2,1H3. The molecule has 1 aliphatic heterocycles. The zero-order valence-corrected chi connectivity index (χ0v) is 12.3. The average molecular weight is 267 g/mol. The maximum atomic E-state index is 6.52. The van der Waals surface area contributed by atoms with E-state index in [1.165, 1.54) is 44.9 Å². The first-order valence-electron chi connectivity index (χ1n) is 8.28. The first-order chi connectivity index (χ1) is 9.30. The third-order valence-corrected chi connectivity index (χ3v) is 5.19. The Morgan fingerprint density at radius 2 is 1.95 bits per heavy atom. The summed E-state index contributed by atoms with van der Waals surface area (Å²) in [6.45, 7) is 5.08. The van der Waals surface area contributed by atoms with Crippen LogP contribution in [0.4, 0.5) is 0 Å². The second-order valence-electron chi connectivity index (χ2n) is 6.79. The van der Waals surface area contributed by atoms with E-state index in [9.17, 15) is 0 Å². The summed E-state index contributed by atoms with van der Waals surface area (Å²) in [5, 5.41) is 3.71. The summed E-state index contributed by atoms with van der Waals surface area (Å²) in [6.07, 6.45) is 10.6. The molecule has 2 aliphatic carbocycles. The Morgan fingerprint density at radius 3 is 2.53 bits per heavy atom. The molecule has 1 saturated heterocycles. The summed E-state index contributed by atoms with van der Waals surface area (Å²) in [7, 11) is 0. The van der Waals surface area contributed by atoms with Crippen molar-refractivity contribution in [2.75, 3.05) is 19.8 Å². The third-order valence-electron chi connectivity index (χ3n) is 5.19. The summed E-state index contributed by atoms with van der Waals surface area (Å²) in [5.41, 5.74) is 0.104. The van der Waals surface area contributed by atoms with E-state index >= 15 is 0 Å². The van der Waals surface area contributed by atoms with Crippen LogP contribution in [0.15, 0.2) is 0 Å². The van der Waals surface area contributed by atoms with Gasteiger partial charge in [-0.1, -0.05) is 13.3 Å². The SMILES string of the molecule is CCC1CCC(CNC2CC2)(OC2CCOC2)CC1. The van der Waals surface area contributed by atoms with Crippen molar-refractivity contribution in [1.29, 1.82) is 0 Å². The van der Waals surface area contributed by atoms with E-state index in [0.29, 0.717) is 6.10 Å². The van der Waals surface area contributed by atoms with Gasteiger partial charge < -0.3 is 14.8 Å². The van der Waals surface area contributed by atoms with Crippen LogP contribution >= 0.6 is 0 Å². The van der Waals surface area contributed by atoms with Crippen molar-refractivity contribution in [1.82, 2.24) is 5.32 Å². The quantitative estimate of drug-likeness (QED) is 0.802. The Bertz CT molecular complexity index is 276. The van der Waals surface area contributed by atoms with Crippen LogP contribution in [0.3, 0.4) is 0 Å². The summed E-state index contributed by atoms with van der Waals surface area (Å²) >= 11 is 0. The highest BCUT2D eigenvalue weighted by atomic mass is 16.6. The number of nitrogens with one attached hydrogen (secondary N) is 1. The summed E-state index contributed by atoms with van der Waals surface area (Å²) in [4.78, 5) is 0. The number of ether oxygens (including phenoxy) is 2. The largest absolute Gasteiger partial charge is 0.379 e. The summed E-state index contributed by atoms with van der Waals surface area (Å²) in [5.74, 6) is 0.928. The highest BCUT2D eigenvalue weighted by Gasteiger charge is 2.39. The van der Waals surface area contributed by atoms with Gasteiger partial charge >= 0.3 is 0 Å². The van der Waals surface area contributed by atoms with Crippen molar-refractivity contribution in [3.05, 3.63) is 0 Å². The van der Waals surface area contributed by atoms with Gasteiger partial charge in [0.1, 0.15) is 0 Å². The number of hydrogen-bond acceptors (Lipinski definition) is 3. The maximum absolute atomic E-state index is 6.52. The minimum absolute atomic E-state index is 0.104. The Labute approximate surface area is 117 Å². The molecule has 3 nitrogen and oxygen atoms in total. The van der Waals surface area contributed by atoms with Crippen LogP contribution in [0.5, 0.6) is 0 Å². The smallest absolute Gasteiger partial charge is 0.0838 e. The van der Waals surface area contributed by atoms with Gasteiger partial charge in [-0.15, -0.1) is 0 Å². The van der Waals surface area contributed by atoms with Gasteiger partial charge in [0.15, 0.2) is 0 Å². The maximum Gasteiger partial charge on any atom is 0.0838 e. The van der Waals surface area contributed by atoms with Gasteiger partial charge in [-0.05, 0) is 50.9 Å². The molecule has 1 unspecified atom stereocenters. The predicted octanol–water partition coefficient (Wildman–Crippen LogP) is 2.88. The second kappa shape index (κ2) is 6.11. The van der Waals surface area contributed by atoms with Crippen molar-refractivity contribution in [3.8, 4) is 0 Å². The molecule has 0 aromatic heterocycles. The van der Waals surface area contributed by atoms with E-state index in [2.05, 4.69) is 12.2 Å². The fourth-order valence-electron chi connectivity index (χ4n) is 3.53. The molecule has 0 aromatic rings. The minimum Gasteiger partial charge on any atom is -0.379 e. The second-order valence-corrected chi connectivity index (χ2v) is 6.79. The molecule has 2 saturated carbocycles. The van der Waals surface area contributed by atoms with E-state index in [-0.39, 0.29) is 5.60 Å². The van der Waals surface area contributed by atoms with Crippen LogP contribution in [0.1, 0.15) is 58.3 Å². The molecule has 19 heavy (non-hydrogen) atoms. The lowest BCUT2D eigenvalue weighted by Gasteiger charge is -2.42. The Kier molecular flexibility index (Phi) is 4.45. The Hall–Kier alpha value is -0.120. The van der Waals surface area contributed by atoms with Gasteiger partial charge in [-0.2, -0.15) is 0 Å². The lowest BCUT2D eigenvalue weighted by Crippen LogP contribution is -2.48. The zero-order valence-electron chi connectivity index (χ0n) is 12.3. The monoisotopic (exact) mass is 267 g/mol. The van der Waals surface area contributed by atoms with E-state index < -0.39 is 0 Å². The molecule has 3 rings (SSSR count). The fourth-order valence-corrected chi connectivity index (χ4v) is 3.53. The molecule has 0 aromatic carbocycles. The van der Waals surface area contributed by atoms with Crippen molar-refractivity contribution >= 4 is 0 Å². The fraction of sp³-hybridized carbons (Fsp3) is 1.00. The van der Waals surface area contributed by atoms with Crippen LogP contribution in [0.2, 0.25) is 0 Å². The van der Waals surface area contributed by atoms with Crippen LogP contribution < -0.4 is 5.32 Å². The number of hydrogen-bond donors (Lipinski definition) is 1. The van der Waals surface area contributed by atoms with Gasteiger partial charge in [-0.3, -0.25) is 0 Å². The van der Waals surface area contributed by atoms with Crippen LogP contribution in [-0.4, -0.2) is 37.5 Å². The lowest BCUT2D eigenvalue weighted by molar-refractivity contribution is -0.117. The van der Waals surface area contributed by atoms with E-state index in [0.717, 1.165) is 38.1 Å². The minimum atomic E-state index is 0.104. The molecule has 3 fully saturated rings. The highest BCUT2D eigenvalue weighted by Crippen LogP contribution is 2.38. The summed E-state index contributed by atoms with van der Waals surface area (Å²) in [6, 6.07) is 0.782. The molecular formula is C16H29NO2. The average Bonchev–Trinajstić information content (AvgIpc) is 3.15. The molecule has 0 spiro atoms. The lowest BCUT2D eigenvalue weighted by atomic mass is 9.77. The zero-order chi connectivity index (χ0) is 13.1. The Balaban J connectivity index is 1.56. The van der Waals surface area contributed by atoms with Gasteiger partial charge in [0.2, 0.25) is 0 Å². The van der Waals surface area contributed by atoms with E-state index in [1.54, 1.807) is 0 Å². The molecule has 3 aliphatic rings. The highest BCUT2D eigenvalue weighted by molar-refractivity contribution is 4.93.